The zero-order valence-corrected chi connectivity index (χ0v) is 20.9. The highest BCUT2D eigenvalue weighted by Gasteiger charge is 2.14. The first kappa shape index (κ1) is 27.3. The van der Waals surface area contributed by atoms with Crippen molar-refractivity contribution in [1.82, 2.24) is 15.4 Å². The molecule has 0 aliphatic rings. The van der Waals surface area contributed by atoms with Crippen molar-refractivity contribution in [1.29, 1.82) is 0 Å². The number of nitrogens with zero attached hydrogens (tertiary/aromatic N) is 1. The molecule has 0 aromatic heterocycles. The van der Waals surface area contributed by atoms with Gasteiger partial charge in [0.2, 0.25) is 10.0 Å². The van der Waals surface area contributed by atoms with Gasteiger partial charge in [0, 0.05) is 26.2 Å². The lowest BCUT2D eigenvalue weighted by molar-refractivity contribution is 0.152. The van der Waals surface area contributed by atoms with Crippen molar-refractivity contribution < 1.29 is 17.5 Å². The van der Waals surface area contributed by atoms with E-state index in [1.54, 1.807) is 24.3 Å². The maximum absolute atomic E-state index is 13.3. The third-order valence-corrected chi connectivity index (χ3v) is 5.47. The van der Waals surface area contributed by atoms with Crippen molar-refractivity contribution in [2.45, 2.75) is 31.8 Å². The largest absolute Gasteiger partial charge is 0.380 e. The molecular formula is C21H30FIN4O3S. The van der Waals surface area contributed by atoms with Gasteiger partial charge >= 0.3 is 0 Å². The van der Waals surface area contributed by atoms with Crippen LogP contribution >= 0.6 is 24.0 Å². The number of halogens is 2. The molecule has 2 aromatic carbocycles. The average Bonchev–Trinajstić information content (AvgIpc) is 2.74. The monoisotopic (exact) mass is 564 g/mol. The molecule has 3 N–H and O–H groups in total. The Bertz CT molecular complexity index is 942. The van der Waals surface area contributed by atoms with E-state index < -0.39 is 15.8 Å². The number of hydrogen-bond donors (Lipinski definition) is 3. The fourth-order valence-corrected chi connectivity index (χ4v) is 3.71. The Morgan fingerprint density at radius 3 is 2.52 bits per heavy atom. The van der Waals surface area contributed by atoms with Crippen LogP contribution in [0.4, 0.5) is 4.39 Å². The van der Waals surface area contributed by atoms with Crippen LogP contribution in [0.3, 0.4) is 0 Å². The van der Waals surface area contributed by atoms with E-state index in [4.69, 9.17) is 4.74 Å². The van der Waals surface area contributed by atoms with E-state index in [1.807, 2.05) is 19.9 Å². The fourth-order valence-electron chi connectivity index (χ4n) is 2.62. The van der Waals surface area contributed by atoms with Gasteiger partial charge in [0.05, 0.1) is 18.0 Å². The van der Waals surface area contributed by atoms with Crippen LogP contribution in [0.5, 0.6) is 0 Å². The predicted molar refractivity (Wildman–Crippen MR) is 132 cm³/mol. The normalized spacial score (nSPS) is 11.6. The van der Waals surface area contributed by atoms with E-state index in [0.29, 0.717) is 44.4 Å². The molecule has 0 aliphatic heterocycles. The van der Waals surface area contributed by atoms with Crippen LogP contribution in [-0.2, 0) is 27.8 Å². The molecule has 0 heterocycles. The van der Waals surface area contributed by atoms with Gasteiger partial charge in [-0.25, -0.2) is 22.5 Å². The maximum Gasteiger partial charge on any atom is 0.240 e. The summed E-state index contributed by atoms with van der Waals surface area (Å²) in [6.07, 6.45) is 0. The Hall–Kier alpha value is -1.76. The highest BCUT2D eigenvalue weighted by Crippen LogP contribution is 2.13. The quantitative estimate of drug-likeness (QED) is 0.169. The minimum absolute atomic E-state index is 0. The van der Waals surface area contributed by atoms with Crippen LogP contribution in [-0.4, -0.2) is 40.7 Å². The molecule has 0 unspecified atom stereocenters. The van der Waals surface area contributed by atoms with Gasteiger partial charge in [0.1, 0.15) is 5.82 Å². The summed E-state index contributed by atoms with van der Waals surface area (Å²) in [7, 11) is -3.73. The zero-order valence-electron chi connectivity index (χ0n) is 17.7. The summed E-state index contributed by atoms with van der Waals surface area (Å²) in [4.78, 5) is 4.63. The molecule has 0 atom stereocenters. The Balaban J connectivity index is 0.00000480. The number of nitrogens with one attached hydrogen (secondary N) is 3. The van der Waals surface area contributed by atoms with Crippen molar-refractivity contribution in [2.24, 2.45) is 4.99 Å². The average molecular weight is 564 g/mol. The molecule has 0 bridgehead atoms. The van der Waals surface area contributed by atoms with Gasteiger partial charge in [-0.3, -0.25) is 0 Å². The standard InChI is InChI=1S/C21H29FN4O3S.HI/c1-3-23-21(24-11-12-29-4-2)25-15-18-8-6-10-20(14-18)30(27,28)26-16-17-7-5-9-19(22)13-17;/h5-10,13-14,26H,3-4,11-12,15-16H2,1-2H3,(H2,23,24,25);1H. The number of rotatable bonds is 11. The Labute approximate surface area is 201 Å². The summed E-state index contributed by atoms with van der Waals surface area (Å²) in [6, 6.07) is 12.4. The van der Waals surface area contributed by atoms with Gasteiger partial charge in [-0.05, 0) is 49.2 Å². The molecule has 172 valence electrons. The molecule has 0 saturated heterocycles. The van der Waals surface area contributed by atoms with E-state index in [-0.39, 0.29) is 35.4 Å². The maximum atomic E-state index is 13.3. The minimum atomic E-state index is -3.73. The van der Waals surface area contributed by atoms with Crippen LogP contribution < -0.4 is 15.4 Å². The van der Waals surface area contributed by atoms with Gasteiger partial charge in [0.25, 0.3) is 0 Å². The van der Waals surface area contributed by atoms with Crippen LogP contribution in [0.25, 0.3) is 0 Å². The Morgan fingerprint density at radius 1 is 1.06 bits per heavy atom. The lowest BCUT2D eigenvalue weighted by atomic mass is 10.2. The number of hydrogen-bond acceptors (Lipinski definition) is 4. The van der Waals surface area contributed by atoms with Gasteiger partial charge < -0.3 is 15.4 Å². The summed E-state index contributed by atoms with van der Waals surface area (Å²) < 4.78 is 46.3. The second-order valence-corrected chi connectivity index (χ2v) is 8.19. The highest BCUT2D eigenvalue weighted by atomic mass is 127. The molecule has 2 aromatic rings. The van der Waals surface area contributed by atoms with E-state index in [0.717, 1.165) is 5.56 Å². The smallest absolute Gasteiger partial charge is 0.240 e. The molecular weight excluding hydrogens is 534 g/mol. The number of guanidine groups is 1. The zero-order chi connectivity index (χ0) is 21.8. The first-order chi connectivity index (χ1) is 14.4. The fraction of sp³-hybridized carbons (Fsp3) is 0.381. The molecule has 0 saturated carbocycles. The molecule has 7 nitrogen and oxygen atoms in total. The first-order valence-electron chi connectivity index (χ1n) is 9.87. The van der Waals surface area contributed by atoms with Crippen molar-refractivity contribution in [3.63, 3.8) is 0 Å². The van der Waals surface area contributed by atoms with Gasteiger partial charge in [-0.1, -0.05) is 24.3 Å². The van der Waals surface area contributed by atoms with Crippen molar-refractivity contribution in [3.05, 3.63) is 65.5 Å². The van der Waals surface area contributed by atoms with Crippen molar-refractivity contribution >= 4 is 40.0 Å². The lowest BCUT2D eigenvalue weighted by Gasteiger charge is -2.11. The SMILES string of the molecule is CCNC(=NCc1cccc(S(=O)(=O)NCc2cccc(F)c2)c1)NCCOCC.I. The van der Waals surface area contributed by atoms with Crippen LogP contribution in [0.15, 0.2) is 58.4 Å². The number of sulfonamides is 1. The molecule has 0 spiro atoms. The first-order valence-corrected chi connectivity index (χ1v) is 11.4. The number of ether oxygens (including phenoxy) is 1. The summed E-state index contributed by atoms with van der Waals surface area (Å²) in [5, 5.41) is 6.31. The summed E-state index contributed by atoms with van der Waals surface area (Å²) in [5.41, 5.74) is 1.30. The van der Waals surface area contributed by atoms with Gasteiger partial charge in [-0.15, -0.1) is 24.0 Å². The van der Waals surface area contributed by atoms with Gasteiger partial charge in [0.15, 0.2) is 5.96 Å². The second kappa shape index (κ2) is 14.3. The molecule has 0 aliphatic carbocycles. The topological polar surface area (TPSA) is 91.8 Å². The lowest BCUT2D eigenvalue weighted by Crippen LogP contribution is -2.39. The van der Waals surface area contributed by atoms with Gasteiger partial charge in [-0.2, -0.15) is 0 Å². The molecule has 2 rings (SSSR count). The van der Waals surface area contributed by atoms with Crippen LogP contribution in [0, 0.1) is 5.82 Å². The molecule has 0 radical (unpaired) electrons. The summed E-state index contributed by atoms with van der Waals surface area (Å²) in [5.74, 6) is 0.229. The summed E-state index contributed by atoms with van der Waals surface area (Å²) >= 11 is 0. The van der Waals surface area contributed by atoms with Crippen LogP contribution in [0.2, 0.25) is 0 Å². The van der Waals surface area contributed by atoms with E-state index >= 15 is 0 Å². The highest BCUT2D eigenvalue weighted by molar-refractivity contribution is 14.0. The molecule has 0 fully saturated rings. The van der Waals surface area contributed by atoms with Crippen LogP contribution in [0.1, 0.15) is 25.0 Å². The third-order valence-electron chi connectivity index (χ3n) is 4.07. The summed E-state index contributed by atoms with van der Waals surface area (Å²) in [6.45, 7) is 6.80. The Morgan fingerprint density at radius 2 is 1.81 bits per heavy atom. The Kier molecular flexibility index (Phi) is 12.6. The van der Waals surface area contributed by atoms with E-state index in [2.05, 4.69) is 20.3 Å². The predicted octanol–water partition coefficient (Wildman–Crippen LogP) is 3.01. The second-order valence-electron chi connectivity index (χ2n) is 6.42. The number of aliphatic imine (C=N–C) groups is 1. The molecule has 31 heavy (non-hydrogen) atoms. The molecule has 0 amide bonds. The number of benzene rings is 2. The van der Waals surface area contributed by atoms with E-state index in [1.165, 1.54) is 18.2 Å². The molecule has 10 heteroatoms. The van der Waals surface area contributed by atoms with Crippen molar-refractivity contribution in [3.8, 4) is 0 Å². The van der Waals surface area contributed by atoms with E-state index in [9.17, 15) is 12.8 Å². The minimum Gasteiger partial charge on any atom is -0.380 e. The van der Waals surface area contributed by atoms with Crippen molar-refractivity contribution in [2.75, 3.05) is 26.3 Å². The third kappa shape index (κ3) is 9.93.